The molecule has 19 unspecified atom stereocenters. The van der Waals surface area contributed by atoms with Gasteiger partial charge in [-0.25, -0.2) is 0 Å². The van der Waals surface area contributed by atoms with Crippen molar-refractivity contribution in [1.29, 1.82) is 0 Å². The van der Waals surface area contributed by atoms with E-state index in [-0.39, 0.29) is 44.9 Å². The van der Waals surface area contributed by atoms with Crippen LogP contribution in [-0.2, 0) is 90.0 Å². The molecule has 6 aliphatic heterocycles. The fourth-order valence-electron chi connectivity index (χ4n) is 13.6. The Bertz CT molecular complexity index is 2170. The molecule has 40 heteroatoms. The van der Waals surface area contributed by atoms with Crippen LogP contribution in [0.5, 0.6) is 0 Å². The standard InChI is InChI=1S/C73H136O40/c1-5-9-13-17-95-27-40(28-96-18-14-10-6-2)31-99-33-42(34-100-32-41(29-97-19-15-11-7-3)30-98-20-16-12-8-4)35-101-36-73(37-102-67-61(92)55(86)64(46(24-77)108-67)111-70-58(89)52(83)49(80)43(21-74)105-70,38-103-68-62(93)56(87)65(47(25-78)109-68)112-71-59(90)53(84)50(81)44(22-75)106-71)39-104-69-63(94)57(88)66(48(26-79)110-69)113-72-60(91)54(85)51(82)45(23-76)107-72/h40-72,74-94H,5-39H2,1-4H3/t43?,44?,45?,46?,47?,48?,49-,50-,51-,52?,53?,54?,55?,56?,57?,58?,59?,60?,61?,62?,63?,64-,65-,66+,67-,68-,69-,70-,71+,72-,73?/m1/s1. The van der Waals surface area contributed by atoms with Crippen molar-refractivity contribution in [2.24, 2.45) is 23.2 Å². The van der Waals surface area contributed by atoms with E-state index < -0.39 is 262 Å². The molecule has 0 radical (unpaired) electrons. The molecule has 6 saturated heterocycles. The summed E-state index contributed by atoms with van der Waals surface area (Å²) in [6, 6.07) is 0. The van der Waals surface area contributed by atoms with Crippen molar-refractivity contribution in [3.8, 4) is 0 Å². The van der Waals surface area contributed by atoms with Gasteiger partial charge in [-0.15, -0.1) is 0 Å². The van der Waals surface area contributed by atoms with Crippen LogP contribution < -0.4 is 0 Å². The summed E-state index contributed by atoms with van der Waals surface area (Å²) < 4.78 is 115. The molecule has 0 aliphatic carbocycles. The number of hydrogen-bond acceptors (Lipinski definition) is 40. The lowest BCUT2D eigenvalue weighted by atomic mass is 9.91. The molecule has 6 aliphatic rings. The van der Waals surface area contributed by atoms with E-state index in [0.29, 0.717) is 52.9 Å². The van der Waals surface area contributed by atoms with Gasteiger partial charge in [-0.1, -0.05) is 79.1 Å². The topological polar surface area (TPSA) is 600 Å². The minimum absolute atomic E-state index is 0.0247. The second-order valence-corrected chi connectivity index (χ2v) is 30.3. The summed E-state index contributed by atoms with van der Waals surface area (Å²) in [6.07, 6.45) is -46.2. The van der Waals surface area contributed by atoms with Gasteiger partial charge in [-0.3, -0.25) is 0 Å². The predicted octanol–water partition coefficient (Wildman–Crippen LogP) is -7.38. The summed E-state index contributed by atoms with van der Waals surface area (Å²) in [6.45, 7) is 2.70. The Kier molecular flexibility index (Phi) is 47.3. The van der Waals surface area contributed by atoms with Gasteiger partial charge in [0.15, 0.2) is 37.7 Å². The van der Waals surface area contributed by atoms with Crippen LogP contribution in [0.25, 0.3) is 0 Å². The summed E-state index contributed by atoms with van der Waals surface area (Å²) in [7, 11) is 0. The van der Waals surface area contributed by atoms with Gasteiger partial charge in [-0.2, -0.15) is 0 Å². The highest BCUT2D eigenvalue weighted by Crippen LogP contribution is 2.37. The highest BCUT2D eigenvalue weighted by molar-refractivity contribution is 4.99. The Morgan fingerprint density at radius 2 is 0.460 bits per heavy atom. The van der Waals surface area contributed by atoms with E-state index in [0.717, 1.165) is 77.0 Å². The summed E-state index contributed by atoms with van der Waals surface area (Å²) in [5.74, 6) is -1.11. The molecule has 0 spiro atoms. The first-order valence-electron chi connectivity index (χ1n) is 40.0. The number of aliphatic hydroxyl groups is 21. The first-order valence-corrected chi connectivity index (χ1v) is 40.0. The quantitative estimate of drug-likeness (QED) is 0.0252. The summed E-state index contributed by atoms with van der Waals surface area (Å²) in [5, 5.41) is 230. The summed E-state index contributed by atoms with van der Waals surface area (Å²) in [5.41, 5.74) is -2.07. The van der Waals surface area contributed by atoms with Crippen molar-refractivity contribution in [2.75, 3.05) is 152 Å². The molecule has 0 aromatic rings. The highest BCUT2D eigenvalue weighted by Gasteiger charge is 2.56. The molecule has 31 atom stereocenters. The number of hydrogen-bond donors (Lipinski definition) is 21. The Balaban J connectivity index is 1.39. The third-order valence-corrected chi connectivity index (χ3v) is 20.7. The largest absolute Gasteiger partial charge is 0.394 e. The second kappa shape index (κ2) is 53.3. The van der Waals surface area contributed by atoms with E-state index in [1.165, 1.54) is 0 Å². The third kappa shape index (κ3) is 30.2. The van der Waals surface area contributed by atoms with Crippen LogP contribution >= 0.6 is 0 Å². The zero-order valence-corrected chi connectivity index (χ0v) is 65.4. The van der Waals surface area contributed by atoms with Crippen molar-refractivity contribution in [2.45, 2.75) is 289 Å². The molecule has 6 rings (SSSR count). The molecule has 0 aromatic heterocycles. The molecular formula is C73H136O40. The lowest BCUT2D eigenvalue weighted by molar-refractivity contribution is -0.370. The van der Waals surface area contributed by atoms with E-state index in [1.807, 2.05) is 0 Å². The molecule has 0 aromatic carbocycles. The number of ether oxygens (including phenoxy) is 19. The number of rotatable bonds is 57. The Hall–Kier alpha value is -1.60. The SMILES string of the molecule is CCCCCOCC(COCCCCC)COCC(COCC(COCCCCC)COCCCCC)COCC(CO[C@@H]1OC(CO)[C@@H](O[C@H]2OC(CO)[C@@H](O)C(O)C2O)C(O)C1O)(CO[C@@H]1OC(CO)[C@@H](O[C@@H]2OC(CO)[C@@H](O)C(O)C2O)C(O)C1O)CO[C@@H]1OC(CO)[C@H](O[C@H]2OC(CO)[C@@H](O)C(O)C2O)C(O)C1O. The minimum Gasteiger partial charge on any atom is -0.394 e. The molecule has 40 nitrogen and oxygen atoms in total. The average Bonchev–Trinajstić information content (AvgIpc) is 0.789. The maximum Gasteiger partial charge on any atom is 0.187 e. The van der Waals surface area contributed by atoms with Gasteiger partial charge >= 0.3 is 0 Å². The predicted molar refractivity (Wildman–Crippen MR) is 384 cm³/mol. The maximum atomic E-state index is 12.0. The summed E-state index contributed by atoms with van der Waals surface area (Å²) >= 11 is 0. The van der Waals surface area contributed by atoms with E-state index in [1.54, 1.807) is 0 Å². The molecular weight excluding hydrogens is 1520 g/mol. The normalized spacial score (nSPS) is 37.3. The zero-order chi connectivity index (χ0) is 82.7. The average molecular weight is 1650 g/mol. The minimum atomic E-state index is -2.19. The molecule has 0 amide bonds. The van der Waals surface area contributed by atoms with Crippen LogP contribution in [0, 0.1) is 23.2 Å². The van der Waals surface area contributed by atoms with Crippen LogP contribution in [0.2, 0.25) is 0 Å². The maximum absolute atomic E-state index is 12.0. The zero-order valence-electron chi connectivity index (χ0n) is 65.4. The van der Waals surface area contributed by atoms with Crippen LogP contribution in [-0.4, -0.2) is 443 Å². The number of unbranched alkanes of at least 4 members (excludes halogenated alkanes) is 8. The Labute approximate surface area is 659 Å². The number of aliphatic hydroxyl groups excluding tert-OH is 21. The van der Waals surface area contributed by atoms with Gasteiger partial charge in [0, 0.05) is 44.2 Å². The van der Waals surface area contributed by atoms with Crippen molar-refractivity contribution in [1.82, 2.24) is 0 Å². The lowest BCUT2D eigenvalue weighted by Gasteiger charge is -2.47. The van der Waals surface area contributed by atoms with Crippen molar-refractivity contribution >= 4 is 0 Å². The molecule has 6 fully saturated rings. The molecule has 0 bridgehead atoms. The Morgan fingerprint density at radius 3 is 0.699 bits per heavy atom. The van der Waals surface area contributed by atoms with Crippen molar-refractivity contribution < 1.29 is 197 Å². The highest BCUT2D eigenvalue weighted by atomic mass is 16.8. The fourth-order valence-corrected chi connectivity index (χ4v) is 13.6. The first-order chi connectivity index (χ1) is 54.3. The van der Waals surface area contributed by atoms with E-state index in [4.69, 9.17) is 90.0 Å². The van der Waals surface area contributed by atoms with Crippen LogP contribution in [0.4, 0.5) is 0 Å². The smallest absolute Gasteiger partial charge is 0.187 e. The molecule has 6 heterocycles. The van der Waals surface area contributed by atoms with Crippen LogP contribution in [0.1, 0.15) is 105 Å². The van der Waals surface area contributed by atoms with Gasteiger partial charge in [0.2, 0.25) is 0 Å². The van der Waals surface area contributed by atoms with Crippen molar-refractivity contribution in [3.05, 3.63) is 0 Å². The van der Waals surface area contributed by atoms with E-state index in [9.17, 15) is 107 Å². The lowest BCUT2D eigenvalue weighted by Crippen LogP contribution is -2.65. The van der Waals surface area contributed by atoms with Crippen molar-refractivity contribution in [3.63, 3.8) is 0 Å². The molecule has 0 saturated carbocycles. The third-order valence-electron chi connectivity index (χ3n) is 20.7. The van der Waals surface area contributed by atoms with Gasteiger partial charge in [-0.05, 0) is 25.7 Å². The van der Waals surface area contributed by atoms with Crippen LogP contribution in [0.15, 0.2) is 0 Å². The van der Waals surface area contributed by atoms with Gasteiger partial charge in [0.05, 0.1) is 131 Å². The molecule has 21 N–H and O–H groups in total. The van der Waals surface area contributed by atoms with Gasteiger partial charge < -0.3 is 197 Å². The monoisotopic (exact) mass is 1650 g/mol. The molecule has 113 heavy (non-hydrogen) atoms. The van der Waals surface area contributed by atoms with E-state index >= 15 is 0 Å². The molecule has 668 valence electrons. The first kappa shape index (κ1) is 100. The Morgan fingerprint density at radius 1 is 0.239 bits per heavy atom. The second-order valence-electron chi connectivity index (χ2n) is 30.3. The van der Waals surface area contributed by atoms with Gasteiger partial charge in [0.1, 0.15) is 146 Å². The fraction of sp³-hybridized carbons (Fsp3) is 1.00. The van der Waals surface area contributed by atoms with Gasteiger partial charge in [0.25, 0.3) is 0 Å². The summed E-state index contributed by atoms with van der Waals surface area (Å²) in [4.78, 5) is 0. The van der Waals surface area contributed by atoms with E-state index in [2.05, 4.69) is 27.7 Å². The van der Waals surface area contributed by atoms with Crippen LogP contribution in [0.3, 0.4) is 0 Å².